The van der Waals surface area contributed by atoms with Gasteiger partial charge in [-0.15, -0.1) is 11.6 Å². The first kappa shape index (κ1) is 56.3. The van der Waals surface area contributed by atoms with Crippen LogP contribution in [0.2, 0.25) is 0 Å². The number of hydrogen-bond acceptors (Lipinski definition) is 26. The van der Waals surface area contributed by atoms with Crippen molar-refractivity contribution in [3.63, 3.8) is 0 Å². The Hall–Kier alpha value is 2.16. The van der Waals surface area contributed by atoms with Gasteiger partial charge >= 0.3 is 118 Å². The average Bonchev–Trinajstić information content (AvgIpc) is 3.84. The second kappa shape index (κ2) is 22.1. The molecule has 2 aliphatic heterocycles. The Kier molecular flexibility index (Phi) is 21.4. The maximum atomic E-state index is 12.8. The van der Waals surface area contributed by atoms with Gasteiger partial charge in [0.25, 0.3) is 0 Å². The molecule has 298 valence electrons. The van der Waals surface area contributed by atoms with Crippen molar-refractivity contribution in [2.75, 3.05) is 24.7 Å². The number of aliphatic hydroxyl groups excluding tert-OH is 4. The first-order chi connectivity index (χ1) is 25.1. The van der Waals surface area contributed by atoms with Crippen molar-refractivity contribution in [1.82, 2.24) is 39.0 Å². The van der Waals surface area contributed by atoms with Gasteiger partial charge in [-0.05, 0) is 0 Å². The van der Waals surface area contributed by atoms with Crippen LogP contribution in [0.3, 0.4) is 0 Å². The van der Waals surface area contributed by atoms with Crippen molar-refractivity contribution in [2.24, 2.45) is 0 Å². The minimum absolute atomic E-state index is 0. The number of nitrogens with two attached hydrogens (primary N) is 2. The quantitative estimate of drug-likeness (QED) is 0.0296. The second-order valence-electron chi connectivity index (χ2n) is 11.3. The molecule has 0 spiro atoms. The molecule has 2 fully saturated rings. The van der Waals surface area contributed by atoms with Gasteiger partial charge < -0.3 is 86.5 Å². The Morgan fingerprint density at radius 3 is 1.57 bits per heavy atom. The first-order valence-electron chi connectivity index (χ1n) is 14.6. The van der Waals surface area contributed by atoms with Gasteiger partial charge in [0, 0.05) is 0 Å². The molecule has 5 unspecified atom stereocenters. The van der Waals surface area contributed by atoms with Crippen LogP contribution in [0.25, 0.3) is 22.3 Å². The molecule has 0 aromatic carbocycles. The van der Waals surface area contributed by atoms with Crippen molar-refractivity contribution in [2.45, 2.75) is 53.9 Å². The maximum Gasteiger partial charge on any atom is 1.00 e. The molecule has 0 radical (unpaired) electrons. The van der Waals surface area contributed by atoms with E-state index in [9.17, 15) is 48.8 Å². The number of rotatable bonds is 14. The molecule has 6 rings (SSSR count). The minimum Gasteiger partial charge on any atom is -0.779 e. The molecule has 4 aromatic rings. The topological polar surface area (TPSA) is 396 Å². The molecule has 13 atom stereocenters. The van der Waals surface area contributed by atoms with Gasteiger partial charge in [0.2, 0.25) is 6.80 Å². The zero-order chi connectivity index (χ0) is 39.5. The third-order valence-corrected chi connectivity index (χ3v) is 18.1. The van der Waals surface area contributed by atoms with Crippen molar-refractivity contribution in [1.29, 1.82) is 0 Å². The van der Waals surface area contributed by atoms with E-state index in [1.807, 2.05) is 0 Å². The number of ether oxygens (including phenoxy) is 2. The number of alkyl halides is 1. The number of nitrogen functional groups attached to an aromatic ring is 2. The molecule has 2 saturated heterocycles. The van der Waals surface area contributed by atoms with Crippen LogP contribution < -0.4 is 144 Å². The SMILES string of the molecule is Nc1ncnc2c1ncn2[C@@H]1O[C@H](COP(=O)([S-])OP(=O)([O-])C(Cl)P(=O)([O-])OP([O-])(=S)OC[C@H]2O[C@@H](n3cnc4c(N)ncnc43)[C@H](O)[C@@H]2O)[C@@H](O)[C@H]1O.[Na+].[Na+].[Na+].[Na+]. The summed E-state index contributed by atoms with van der Waals surface area (Å²) in [5.74, 6) is 0.00626. The van der Waals surface area contributed by atoms with E-state index in [1.54, 1.807) is 0 Å². The van der Waals surface area contributed by atoms with Gasteiger partial charge in [0.05, 0.1) is 25.9 Å². The summed E-state index contributed by atoms with van der Waals surface area (Å²) < 4.78 is 70.0. The number of halogens is 1. The minimum atomic E-state index is -6.12. The molecule has 58 heavy (non-hydrogen) atoms. The fourth-order valence-electron chi connectivity index (χ4n) is 5.21. The van der Waals surface area contributed by atoms with E-state index in [1.165, 1.54) is 21.8 Å². The predicted molar refractivity (Wildman–Crippen MR) is 180 cm³/mol. The van der Waals surface area contributed by atoms with Crippen LogP contribution >= 0.6 is 40.3 Å². The van der Waals surface area contributed by atoms with Gasteiger partial charge in [-0.2, -0.15) is 0 Å². The molecular formula is C21H25ClN10Na4O16P4S2. The first-order valence-corrected chi connectivity index (χ1v) is 23.4. The Bertz CT molecular complexity index is 2110. The van der Waals surface area contributed by atoms with Crippen molar-refractivity contribution in [3.05, 3.63) is 25.3 Å². The van der Waals surface area contributed by atoms with Crippen molar-refractivity contribution >= 4 is 98.3 Å². The van der Waals surface area contributed by atoms with E-state index < -0.39 is 95.9 Å². The molecule has 0 saturated carbocycles. The van der Waals surface area contributed by atoms with Crippen LogP contribution in [0, 0.1) is 0 Å². The normalized spacial score (nSPS) is 29.1. The molecule has 26 nitrogen and oxygen atoms in total. The Balaban J connectivity index is 0.00000290. The Morgan fingerprint density at radius 2 is 1.14 bits per heavy atom. The van der Waals surface area contributed by atoms with Gasteiger partial charge in [0.15, 0.2) is 55.4 Å². The number of anilines is 2. The van der Waals surface area contributed by atoms with Gasteiger partial charge in [-0.3, -0.25) is 22.3 Å². The number of fused-ring (bicyclic) bond motifs is 2. The van der Waals surface area contributed by atoms with E-state index >= 15 is 0 Å². The summed E-state index contributed by atoms with van der Waals surface area (Å²) in [6, 6.07) is 0. The number of aromatic nitrogens is 8. The molecule has 6 heterocycles. The number of aliphatic hydroxyl groups is 4. The molecule has 4 aromatic heterocycles. The number of nitrogens with zero attached hydrogens (tertiary/aromatic N) is 8. The summed E-state index contributed by atoms with van der Waals surface area (Å²) in [4.78, 5) is 58.6. The maximum absolute atomic E-state index is 12.8. The van der Waals surface area contributed by atoms with E-state index in [0.717, 1.165) is 12.7 Å². The molecule has 37 heteroatoms. The van der Waals surface area contributed by atoms with E-state index in [2.05, 4.69) is 62.6 Å². The molecule has 0 aliphatic carbocycles. The Labute approximate surface area is 430 Å². The molecule has 0 bridgehead atoms. The zero-order valence-electron chi connectivity index (χ0n) is 30.3. The third kappa shape index (κ3) is 12.3. The largest absolute Gasteiger partial charge is 1.00 e. The third-order valence-electron chi connectivity index (χ3n) is 7.74. The molecular weight excluding hydrogens is 964 g/mol. The molecule has 8 N–H and O–H groups in total. The van der Waals surface area contributed by atoms with Crippen molar-refractivity contribution < 1.29 is 194 Å². The summed E-state index contributed by atoms with van der Waals surface area (Å²) >= 11 is 14.7. The van der Waals surface area contributed by atoms with Crippen LogP contribution in [0.4, 0.5) is 11.6 Å². The zero-order valence-corrected chi connectivity index (χ0v) is 44.3. The van der Waals surface area contributed by atoms with Crippen LogP contribution in [-0.2, 0) is 64.9 Å². The number of hydrogen-bond donors (Lipinski definition) is 6. The van der Waals surface area contributed by atoms with E-state index in [4.69, 9.17) is 41.6 Å². The summed E-state index contributed by atoms with van der Waals surface area (Å²) in [5, 5.41) is 42.1. The number of imidazole rings is 2. The fourth-order valence-corrected chi connectivity index (χ4v) is 13.9. The predicted octanol–water partition coefficient (Wildman–Crippen LogP) is -15.0. The summed E-state index contributed by atoms with van der Waals surface area (Å²) in [7, 11) is -12.2. The molecule has 0 amide bonds. The monoisotopic (exact) mass is 988 g/mol. The van der Waals surface area contributed by atoms with Crippen molar-refractivity contribution in [3.8, 4) is 0 Å². The van der Waals surface area contributed by atoms with Gasteiger partial charge in [-0.25, -0.2) is 29.9 Å². The van der Waals surface area contributed by atoms with Gasteiger partial charge in [-0.1, -0.05) is 11.8 Å². The smallest absolute Gasteiger partial charge is 0.779 e. The fraction of sp³-hybridized carbons (Fsp3) is 0.524. The van der Waals surface area contributed by atoms with Gasteiger partial charge in [0.1, 0.15) is 67.0 Å². The average molecular weight is 989 g/mol. The summed E-state index contributed by atoms with van der Waals surface area (Å²) in [6.07, 6.45) is -8.05. The van der Waals surface area contributed by atoms with Crippen LogP contribution in [0.1, 0.15) is 12.5 Å². The summed E-state index contributed by atoms with van der Waals surface area (Å²) in [6.45, 7) is -12.4. The van der Waals surface area contributed by atoms with Crippen LogP contribution in [0.15, 0.2) is 25.3 Å². The Morgan fingerprint density at radius 1 is 0.741 bits per heavy atom. The van der Waals surface area contributed by atoms with Crippen LogP contribution in [-0.4, -0.2) is 114 Å². The summed E-state index contributed by atoms with van der Waals surface area (Å²) in [5.41, 5.74) is 12.0. The second-order valence-corrected chi connectivity index (χ2v) is 22.2. The molecule has 2 aliphatic rings. The van der Waals surface area contributed by atoms with Crippen LogP contribution in [0.5, 0.6) is 0 Å². The standard InChI is InChI=1S/C21H29ClN10O16P4S2.4Na/c22-21(49(37,38)47-51(41,53)43-1-7-11(33)13(35)19(45-7)31-5-29-9-15(23)25-3-27-17(9)31)50(39,40)48-52(42,54)44-2-8-12(34)14(36)20(46-8)32-6-30-10-16(24)26-4-28-18(10)32;;;;/h3-8,11-14,19-21,33-36H,1-2H2,(H,37,38)(H,39,40)(H,41,53)(H,42,54)(H2,23,25,27)(H2,24,26,28);;;;/q;4*+1/p-4/t7-,8-,11-,12-,13-,14-,19-,20-,21?,51?,52?;;;;/m1..../s1. The van der Waals surface area contributed by atoms with E-state index in [-0.39, 0.29) is 152 Å². The van der Waals surface area contributed by atoms with E-state index in [0.29, 0.717) is 0 Å².